The second kappa shape index (κ2) is 7.75. The summed E-state index contributed by atoms with van der Waals surface area (Å²) in [5.41, 5.74) is 0.261. The number of carbonyl (C=O) groups excluding carboxylic acids is 1. The standard InChI is InChI=1S/C20H24BrNOS/c1-19(2,14-24-17-12-10-16(21)11-13-17)18(23)22-20(3,4)15-8-6-5-7-9-15/h5-13H,14H2,1-4H3,(H,22,23). The first-order chi connectivity index (χ1) is 11.2. The summed E-state index contributed by atoms with van der Waals surface area (Å²) in [4.78, 5) is 14.0. The Labute approximate surface area is 157 Å². The average molecular weight is 406 g/mol. The van der Waals surface area contributed by atoms with Crippen molar-refractivity contribution in [1.29, 1.82) is 0 Å². The Bertz CT molecular complexity index is 681. The van der Waals surface area contributed by atoms with Crippen molar-refractivity contribution in [2.75, 3.05) is 5.75 Å². The number of benzene rings is 2. The molecule has 0 atom stereocenters. The van der Waals surface area contributed by atoms with Crippen LogP contribution < -0.4 is 5.32 Å². The van der Waals surface area contributed by atoms with Crippen LogP contribution in [0.4, 0.5) is 0 Å². The van der Waals surface area contributed by atoms with Crippen LogP contribution in [0.15, 0.2) is 64.0 Å². The topological polar surface area (TPSA) is 29.1 Å². The molecule has 2 rings (SSSR count). The van der Waals surface area contributed by atoms with E-state index >= 15 is 0 Å². The zero-order valence-electron chi connectivity index (χ0n) is 14.6. The zero-order valence-corrected chi connectivity index (χ0v) is 17.0. The Morgan fingerprint density at radius 3 is 2.17 bits per heavy atom. The third-order valence-electron chi connectivity index (χ3n) is 3.95. The van der Waals surface area contributed by atoms with Crippen LogP contribution in [-0.2, 0) is 10.3 Å². The molecule has 2 aromatic rings. The SMILES string of the molecule is CC(C)(CSc1ccc(Br)cc1)C(=O)NC(C)(C)c1ccccc1. The first-order valence-electron chi connectivity index (χ1n) is 7.97. The molecule has 0 aliphatic heterocycles. The van der Waals surface area contributed by atoms with Crippen molar-refractivity contribution in [3.63, 3.8) is 0 Å². The van der Waals surface area contributed by atoms with Crippen LogP contribution in [0.2, 0.25) is 0 Å². The molecule has 2 aromatic carbocycles. The molecule has 0 bridgehead atoms. The van der Waals surface area contributed by atoms with Gasteiger partial charge in [0.2, 0.25) is 5.91 Å². The fourth-order valence-corrected chi connectivity index (χ4v) is 3.49. The molecule has 24 heavy (non-hydrogen) atoms. The summed E-state index contributed by atoms with van der Waals surface area (Å²) in [6.45, 7) is 8.07. The molecule has 4 heteroatoms. The average Bonchev–Trinajstić information content (AvgIpc) is 2.55. The maximum Gasteiger partial charge on any atom is 0.227 e. The minimum Gasteiger partial charge on any atom is -0.347 e. The second-order valence-electron chi connectivity index (χ2n) is 7.07. The molecule has 0 radical (unpaired) electrons. The molecule has 0 aliphatic rings. The van der Waals surface area contributed by atoms with Gasteiger partial charge in [-0.05, 0) is 43.7 Å². The highest BCUT2D eigenvalue weighted by atomic mass is 79.9. The van der Waals surface area contributed by atoms with E-state index in [1.54, 1.807) is 11.8 Å². The van der Waals surface area contributed by atoms with Crippen molar-refractivity contribution >= 4 is 33.6 Å². The van der Waals surface area contributed by atoms with Crippen molar-refractivity contribution in [1.82, 2.24) is 5.32 Å². The van der Waals surface area contributed by atoms with Crippen LogP contribution in [0, 0.1) is 5.41 Å². The first-order valence-corrected chi connectivity index (χ1v) is 9.75. The maximum atomic E-state index is 12.8. The van der Waals surface area contributed by atoms with Crippen LogP contribution in [0.3, 0.4) is 0 Å². The van der Waals surface area contributed by atoms with Gasteiger partial charge in [-0.3, -0.25) is 4.79 Å². The Balaban J connectivity index is 2.00. The van der Waals surface area contributed by atoms with Crippen molar-refractivity contribution < 1.29 is 4.79 Å². The molecule has 0 saturated heterocycles. The third-order valence-corrected chi connectivity index (χ3v) is 5.95. The van der Waals surface area contributed by atoms with Gasteiger partial charge >= 0.3 is 0 Å². The molecule has 0 unspecified atom stereocenters. The van der Waals surface area contributed by atoms with Crippen LogP contribution >= 0.6 is 27.7 Å². The summed E-state index contributed by atoms with van der Waals surface area (Å²) in [6, 6.07) is 18.2. The minimum atomic E-state index is -0.455. The highest BCUT2D eigenvalue weighted by Gasteiger charge is 2.32. The third kappa shape index (κ3) is 5.12. The molecular formula is C20H24BrNOS. The largest absolute Gasteiger partial charge is 0.347 e. The van der Waals surface area contributed by atoms with Crippen molar-refractivity contribution in [3.8, 4) is 0 Å². The number of carbonyl (C=O) groups is 1. The number of hydrogen-bond donors (Lipinski definition) is 1. The second-order valence-corrected chi connectivity index (χ2v) is 9.04. The summed E-state index contributed by atoms with van der Waals surface area (Å²) in [5.74, 6) is 0.798. The highest BCUT2D eigenvalue weighted by molar-refractivity contribution is 9.10. The van der Waals surface area contributed by atoms with Gasteiger partial charge in [-0.15, -0.1) is 11.8 Å². The number of halogens is 1. The fourth-order valence-electron chi connectivity index (χ4n) is 2.24. The first kappa shape index (κ1) is 19.1. The molecule has 0 spiro atoms. The fraction of sp³-hybridized carbons (Fsp3) is 0.350. The van der Waals surface area contributed by atoms with Crippen molar-refractivity contribution in [2.45, 2.75) is 38.1 Å². The summed E-state index contributed by atoms with van der Waals surface area (Å²) in [5, 5.41) is 3.20. The van der Waals surface area contributed by atoms with Crippen LogP contribution in [-0.4, -0.2) is 11.7 Å². The van der Waals surface area contributed by atoms with E-state index in [4.69, 9.17) is 0 Å². The molecule has 128 valence electrons. The zero-order chi connectivity index (χ0) is 17.8. The molecule has 0 aromatic heterocycles. The molecule has 0 aliphatic carbocycles. The minimum absolute atomic E-state index is 0.0703. The van der Waals surface area contributed by atoms with Gasteiger partial charge in [-0.25, -0.2) is 0 Å². The molecule has 1 amide bonds. The predicted molar refractivity (Wildman–Crippen MR) is 106 cm³/mol. The monoisotopic (exact) mass is 405 g/mol. The van der Waals surface area contributed by atoms with Gasteiger partial charge in [0.15, 0.2) is 0 Å². The number of nitrogens with one attached hydrogen (secondary N) is 1. The lowest BCUT2D eigenvalue weighted by Gasteiger charge is -2.32. The maximum absolute atomic E-state index is 12.8. The lowest BCUT2D eigenvalue weighted by atomic mass is 9.89. The Morgan fingerprint density at radius 1 is 1.00 bits per heavy atom. The molecule has 0 heterocycles. The molecule has 1 N–H and O–H groups in total. The molecular weight excluding hydrogens is 382 g/mol. The highest BCUT2D eigenvalue weighted by Crippen LogP contribution is 2.30. The van der Waals surface area contributed by atoms with E-state index in [0.717, 1.165) is 15.8 Å². The number of rotatable bonds is 6. The quantitative estimate of drug-likeness (QED) is 0.631. The van der Waals surface area contributed by atoms with Gasteiger partial charge in [0, 0.05) is 15.1 Å². The van der Waals surface area contributed by atoms with Gasteiger partial charge in [0.25, 0.3) is 0 Å². The Morgan fingerprint density at radius 2 is 1.58 bits per heavy atom. The number of amides is 1. The summed E-state index contributed by atoms with van der Waals surface area (Å²) in [6.07, 6.45) is 0. The Kier molecular flexibility index (Phi) is 6.16. The molecule has 0 saturated carbocycles. The van der Waals surface area contributed by atoms with Crippen LogP contribution in [0.25, 0.3) is 0 Å². The molecule has 0 fully saturated rings. The summed E-state index contributed by atoms with van der Waals surface area (Å²) in [7, 11) is 0. The van der Waals surface area contributed by atoms with Crippen LogP contribution in [0.5, 0.6) is 0 Å². The van der Waals surface area contributed by atoms with E-state index in [2.05, 4.69) is 33.4 Å². The van der Waals surface area contributed by atoms with E-state index in [9.17, 15) is 4.79 Å². The summed E-state index contributed by atoms with van der Waals surface area (Å²) < 4.78 is 1.06. The van der Waals surface area contributed by atoms with E-state index in [1.165, 1.54) is 4.90 Å². The lowest BCUT2D eigenvalue weighted by molar-refractivity contribution is -0.130. The molecule has 2 nitrogen and oxygen atoms in total. The normalized spacial score (nSPS) is 12.0. The van der Waals surface area contributed by atoms with Gasteiger partial charge in [0.05, 0.1) is 11.0 Å². The van der Waals surface area contributed by atoms with Gasteiger partial charge in [-0.1, -0.05) is 60.1 Å². The number of thioether (sulfide) groups is 1. The van der Waals surface area contributed by atoms with Crippen molar-refractivity contribution in [2.24, 2.45) is 5.41 Å². The van der Waals surface area contributed by atoms with Crippen LogP contribution in [0.1, 0.15) is 33.3 Å². The van der Waals surface area contributed by atoms with E-state index < -0.39 is 11.0 Å². The van der Waals surface area contributed by atoms with E-state index in [-0.39, 0.29) is 5.91 Å². The lowest BCUT2D eigenvalue weighted by Crippen LogP contribution is -2.47. The smallest absolute Gasteiger partial charge is 0.227 e. The summed E-state index contributed by atoms with van der Waals surface area (Å²) >= 11 is 5.15. The predicted octanol–water partition coefficient (Wildman–Crippen LogP) is 5.62. The van der Waals surface area contributed by atoms with E-state index in [0.29, 0.717) is 0 Å². The van der Waals surface area contributed by atoms with Gasteiger partial charge in [-0.2, -0.15) is 0 Å². The van der Waals surface area contributed by atoms with Gasteiger partial charge < -0.3 is 5.32 Å². The number of hydrogen-bond acceptors (Lipinski definition) is 2. The van der Waals surface area contributed by atoms with E-state index in [1.807, 2.05) is 70.2 Å². The van der Waals surface area contributed by atoms with Gasteiger partial charge in [0.1, 0.15) is 0 Å². The Hall–Kier alpha value is -1.26. The van der Waals surface area contributed by atoms with Crippen molar-refractivity contribution in [3.05, 3.63) is 64.6 Å².